The number of hydrogen-bond donors (Lipinski definition) is 2. The lowest BCUT2D eigenvalue weighted by molar-refractivity contribution is 0.212. The molecular formula is C28H26N8O4. The van der Waals surface area contributed by atoms with Crippen LogP contribution in [0.15, 0.2) is 58.1 Å². The molecule has 2 aromatic carbocycles. The van der Waals surface area contributed by atoms with Crippen molar-refractivity contribution in [2.24, 2.45) is 0 Å². The molecule has 0 aliphatic carbocycles. The van der Waals surface area contributed by atoms with Crippen LogP contribution in [0.1, 0.15) is 41.1 Å². The van der Waals surface area contributed by atoms with Gasteiger partial charge in [0.2, 0.25) is 0 Å². The SMILES string of the molecule is Nc1noc2cc(Cn3cccn3)c3c(c12)OC(CCC(c1cc2onc(N)c2c2c1CCO2)n1cccn1)C3. The number of hydrogen-bond acceptors (Lipinski definition) is 10. The number of nitrogens with zero attached hydrogens (tertiary/aromatic N) is 6. The number of rotatable bonds is 7. The molecule has 202 valence electrons. The first-order chi connectivity index (χ1) is 19.6. The molecule has 0 saturated carbocycles. The smallest absolute Gasteiger partial charge is 0.178 e. The maximum absolute atomic E-state index is 6.58. The van der Waals surface area contributed by atoms with Crippen molar-refractivity contribution in [3.63, 3.8) is 0 Å². The van der Waals surface area contributed by atoms with E-state index in [9.17, 15) is 0 Å². The molecule has 0 amide bonds. The molecular weight excluding hydrogens is 512 g/mol. The van der Waals surface area contributed by atoms with Crippen LogP contribution in [0.2, 0.25) is 0 Å². The molecule has 40 heavy (non-hydrogen) atoms. The van der Waals surface area contributed by atoms with E-state index in [1.807, 2.05) is 46.0 Å². The van der Waals surface area contributed by atoms with Crippen LogP contribution < -0.4 is 20.9 Å². The van der Waals surface area contributed by atoms with E-state index in [0.717, 1.165) is 70.2 Å². The third-order valence-corrected chi connectivity index (χ3v) is 7.99. The van der Waals surface area contributed by atoms with Gasteiger partial charge in [0.1, 0.15) is 28.4 Å². The van der Waals surface area contributed by atoms with E-state index in [1.165, 1.54) is 0 Å². The summed E-state index contributed by atoms with van der Waals surface area (Å²) in [6, 6.07) is 7.82. The summed E-state index contributed by atoms with van der Waals surface area (Å²) in [4.78, 5) is 0. The molecule has 0 saturated heterocycles. The molecule has 2 unspecified atom stereocenters. The van der Waals surface area contributed by atoms with Gasteiger partial charge in [-0.2, -0.15) is 10.2 Å². The number of benzene rings is 2. The topological polar surface area (TPSA) is 158 Å². The number of nitrogen functional groups attached to an aromatic ring is 2. The van der Waals surface area contributed by atoms with Crippen LogP contribution in [0.25, 0.3) is 21.9 Å². The first-order valence-corrected chi connectivity index (χ1v) is 13.3. The van der Waals surface area contributed by atoms with Gasteiger partial charge in [-0.1, -0.05) is 10.3 Å². The molecule has 6 aromatic rings. The predicted octanol–water partition coefficient (Wildman–Crippen LogP) is 3.88. The lowest BCUT2D eigenvalue weighted by atomic mass is 9.92. The molecule has 4 aromatic heterocycles. The number of anilines is 2. The summed E-state index contributed by atoms with van der Waals surface area (Å²) < 4.78 is 27.5. The fourth-order valence-electron chi connectivity index (χ4n) is 6.21. The standard InChI is InChI=1S/C28H26N8O4/c29-27-23-22(40-33-27)13-19(17-5-10-37-25(17)23)20(36-9-2-7-32-36)4-3-16-12-18-15(14-35-8-1-6-31-35)11-21-24(26(18)38-16)28(30)34-39-21/h1-2,6-9,11,13,16,20H,3-5,10,12,14H2,(H2,29,33)(H2,30,34). The van der Waals surface area contributed by atoms with Gasteiger partial charge in [0, 0.05) is 48.8 Å². The highest BCUT2D eigenvalue weighted by atomic mass is 16.5. The zero-order valence-electron chi connectivity index (χ0n) is 21.5. The second kappa shape index (κ2) is 8.76. The summed E-state index contributed by atoms with van der Waals surface area (Å²) in [5.41, 5.74) is 17.9. The lowest BCUT2D eigenvalue weighted by Gasteiger charge is -2.22. The predicted molar refractivity (Wildman–Crippen MR) is 145 cm³/mol. The third-order valence-electron chi connectivity index (χ3n) is 7.99. The second-order valence-corrected chi connectivity index (χ2v) is 10.3. The van der Waals surface area contributed by atoms with Crippen molar-refractivity contribution in [1.82, 2.24) is 29.9 Å². The van der Waals surface area contributed by atoms with E-state index < -0.39 is 0 Å². The average molecular weight is 539 g/mol. The Bertz CT molecular complexity index is 1850. The molecule has 2 atom stereocenters. The van der Waals surface area contributed by atoms with E-state index in [4.69, 9.17) is 30.0 Å². The number of nitrogens with two attached hydrogens (primary N) is 2. The summed E-state index contributed by atoms with van der Waals surface area (Å²) in [7, 11) is 0. The Morgan fingerprint density at radius 2 is 1.70 bits per heavy atom. The van der Waals surface area contributed by atoms with Crippen LogP contribution in [0.5, 0.6) is 11.5 Å². The Morgan fingerprint density at radius 3 is 2.48 bits per heavy atom. The molecule has 8 rings (SSSR count). The van der Waals surface area contributed by atoms with Gasteiger partial charge in [0.05, 0.1) is 19.2 Å². The third kappa shape index (κ3) is 3.52. The van der Waals surface area contributed by atoms with Crippen molar-refractivity contribution >= 4 is 33.6 Å². The summed E-state index contributed by atoms with van der Waals surface area (Å²) in [6.07, 6.45) is 10.5. The fraction of sp³-hybridized carbons (Fsp3) is 0.286. The molecule has 4 N–H and O–H groups in total. The van der Waals surface area contributed by atoms with E-state index in [-0.39, 0.29) is 12.1 Å². The Balaban J connectivity index is 1.13. The van der Waals surface area contributed by atoms with Crippen molar-refractivity contribution in [2.45, 2.75) is 44.4 Å². The minimum Gasteiger partial charge on any atom is -0.492 e. The maximum Gasteiger partial charge on any atom is 0.178 e. The summed E-state index contributed by atoms with van der Waals surface area (Å²) >= 11 is 0. The highest BCUT2D eigenvalue weighted by Gasteiger charge is 2.33. The van der Waals surface area contributed by atoms with E-state index in [2.05, 4.69) is 20.5 Å². The van der Waals surface area contributed by atoms with Crippen LogP contribution in [0, 0.1) is 0 Å². The Morgan fingerprint density at radius 1 is 0.925 bits per heavy atom. The summed E-state index contributed by atoms with van der Waals surface area (Å²) in [5.74, 6) is 2.20. The Hall–Kier alpha value is -5.00. The zero-order valence-corrected chi connectivity index (χ0v) is 21.5. The molecule has 0 fully saturated rings. The van der Waals surface area contributed by atoms with E-state index >= 15 is 0 Å². The number of ether oxygens (including phenoxy) is 2. The zero-order chi connectivity index (χ0) is 26.8. The van der Waals surface area contributed by atoms with Gasteiger partial charge in [0.15, 0.2) is 22.8 Å². The lowest BCUT2D eigenvalue weighted by Crippen LogP contribution is -2.19. The highest BCUT2D eigenvalue weighted by molar-refractivity contribution is 5.96. The maximum atomic E-state index is 6.58. The van der Waals surface area contributed by atoms with Crippen LogP contribution in [0.3, 0.4) is 0 Å². The normalized spacial score (nSPS) is 16.8. The first-order valence-electron chi connectivity index (χ1n) is 13.3. The van der Waals surface area contributed by atoms with Crippen LogP contribution in [-0.2, 0) is 19.4 Å². The van der Waals surface area contributed by atoms with Gasteiger partial charge in [-0.15, -0.1) is 0 Å². The van der Waals surface area contributed by atoms with Crippen molar-refractivity contribution < 1.29 is 18.5 Å². The van der Waals surface area contributed by atoms with E-state index in [0.29, 0.717) is 36.0 Å². The number of aromatic nitrogens is 6. The van der Waals surface area contributed by atoms with E-state index in [1.54, 1.807) is 12.4 Å². The molecule has 12 nitrogen and oxygen atoms in total. The van der Waals surface area contributed by atoms with Crippen LogP contribution >= 0.6 is 0 Å². The first kappa shape index (κ1) is 22.9. The van der Waals surface area contributed by atoms with Crippen LogP contribution in [0.4, 0.5) is 11.6 Å². The quantitative estimate of drug-likeness (QED) is 0.305. The number of fused-ring (bicyclic) bond motifs is 6. The highest BCUT2D eigenvalue weighted by Crippen LogP contribution is 2.45. The largest absolute Gasteiger partial charge is 0.492 e. The molecule has 12 heteroatoms. The van der Waals surface area contributed by atoms with Crippen molar-refractivity contribution in [2.75, 3.05) is 18.1 Å². The minimum atomic E-state index is -0.0577. The van der Waals surface area contributed by atoms with Crippen molar-refractivity contribution in [3.05, 3.63) is 71.3 Å². The molecule has 2 aliphatic rings. The van der Waals surface area contributed by atoms with Gasteiger partial charge in [-0.3, -0.25) is 9.36 Å². The molecule has 0 spiro atoms. The summed E-state index contributed by atoms with van der Waals surface area (Å²) in [6.45, 7) is 1.19. The van der Waals surface area contributed by atoms with Gasteiger partial charge in [-0.05, 0) is 48.2 Å². The monoisotopic (exact) mass is 538 g/mol. The molecule has 0 bridgehead atoms. The fourth-order valence-corrected chi connectivity index (χ4v) is 6.21. The Labute approximate surface area is 227 Å². The average Bonchev–Trinajstić information content (AvgIpc) is 3.78. The van der Waals surface area contributed by atoms with Crippen molar-refractivity contribution in [3.8, 4) is 11.5 Å². The summed E-state index contributed by atoms with van der Waals surface area (Å²) in [5, 5.41) is 18.4. The molecule has 0 radical (unpaired) electrons. The van der Waals surface area contributed by atoms with Gasteiger partial charge < -0.3 is 30.0 Å². The molecule has 2 aliphatic heterocycles. The van der Waals surface area contributed by atoms with Crippen molar-refractivity contribution in [1.29, 1.82) is 0 Å². The van der Waals surface area contributed by atoms with Gasteiger partial charge in [-0.25, -0.2) is 0 Å². The Kier molecular flexibility index (Phi) is 5.03. The minimum absolute atomic E-state index is 0.0571. The van der Waals surface area contributed by atoms with Gasteiger partial charge in [0.25, 0.3) is 0 Å². The molecule has 6 heterocycles. The van der Waals surface area contributed by atoms with Gasteiger partial charge >= 0.3 is 0 Å². The second-order valence-electron chi connectivity index (χ2n) is 10.3. The van der Waals surface area contributed by atoms with Crippen LogP contribution in [-0.4, -0.2) is 42.6 Å².